The fourth-order valence-corrected chi connectivity index (χ4v) is 1.90. The van der Waals surface area contributed by atoms with Crippen molar-refractivity contribution in [3.63, 3.8) is 0 Å². The molecule has 0 saturated heterocycles. The average Bonchev–Trinajstić information content (AvgIpc) is 2.47. The van der Waals surface area contributed by atoms with Crippen LogP contribution < -0.4 is 10.6 Å². The number of anilines is 1. The molecule has 0 aliphatic heterocycles. The van der Waals surface area contributed by atoms with Crippen LogP contribution in [-0.2, 0) is 9.59 Å². The van der Waals surface area contributed by atoms with Crippen LogP contribution in [0.5, 0.6) is 0 Å². The molecule has 0 radical (unpaired) electrons. The Balaban J connectivity index is 2.54. The fourth-order valence-electron chi connectivity index (χ4n) is 1.90. The van der Waals surface area contributed by atoms with Gasteiger partial charge in [-0.1, -0.05) is 17.7 Å². The Bertz CT molecular complexity index is 485. The zero-order valence-electron chi connectivity index (χ0n) is 13.4. The molecule has 2 N–H and O–H groups in total. The van der Waals surface area contributed by atoms with E-state index in [9.17, 15) is 9.59 Å². The normalized spacial score (nSPS) is 13.4. The number of nitrogens with zero attached hydrogens (tertiary/aromatic N) is 1. The van der Waals surface area contributed by atoms with Crippen molar-refractivity contribution in [1.29, 1.82) is 0 Å². The van der Waals surface area contributed by atoms with Crippen molar-refractivity contribution in [2.45, 2.75) is 39.8 Å². The zero-order valence-corrected chi connectivity index (χ0v) is 13.4. The van der Waals surface area contributed by atoms with Gasteiger partial charge in [0.15, 0.2) is 0 Å². The van der Waals surface area contributed by atoms with Gasteiger partial charge < -0.3 is 10.2 Å². The summed E-state index contributed by atoms with van der Waals surface area (Å²) in [5.41, 5.74) is 1.89. The van der Waals surface area contributed by atoms with E-state index in [1.54, 1.807) is 25.8 Å². The third-order valence-corrected chi connectivity index (χ3v) is 3.43. The lowest BCUT2D eigenvalue weighted by Gasteiger charge is -2.23. The lowest BCUT2D eigenvalue weighted by atomic mass is 10.2. The van der Waals surface area contributed by atoms with Gasteiger partial charge >= 0.3 is 0 Å². The molecule has 1 aromatic rings. The van der Waals surface area contributed by atoms with Gasteiger partial charge in [-0.2, -0.15) is 0 Å². The maximum Gasteiger partial charge on any atom is 0.241 e. The highest BCUT2D eigenvalue weighted by Crippen LogP contribution is 2.09. The summed E-state index contributed by atoms with van der Waals surface area (Å²) in [5, 5.41) is 5.85. The SMILES string of the molecule is CCN(C)C(=O)C(C)NC(C)C(=O)Nc1ccc(C)cc1. The van der Waals surface area contributed by atoms with Gasteiger partial charge in [-0.05, 0) is 39.8 Å². The highest BCUT2D eigenvalue weighted by Gasteiger charge is 2.21. The molecule has 116 valence electrons. The van der Waals surface area contributed by atoms with E-state index in [1.165, 1.54) is 0 Å². The van der Waals surface area contributed by atoms with Crippen LogP contribution in [0.2, 0.25) is 0 Å². The standard InChI is InChI=1S/C16H25N3O2/c1-6-19(5)16(21)13(4)17-12(3)15(20)18-14-9-7-11(2)8-10-14/h7-10,12-13,17H,6H2,1-5H3,(H,18,20). The van der Waals surface area contributed by atoms with E-state index in [1.807, 2.05) is 38.1 Å². The van der Waals surface area contributed by atoms with Crippen LogP contribution >= 0.6 is 0 Å². The lowest BCUT2D eigenvalue weighted by molar-refractivity contribution is -0.131. The number of likely N-dealkylation sites (N-methyl/N-ethyl adjacent to an activating group) is 1. The van der Waals surface area contributed by atoms with Crippen molar-refractivity contribution in [2.75, 3.05) is 18.9 Å². The van der Waals surface area contributed by atoms with Crippen LogP contribution in [0.1, 0.15) is 26.3 Å². The number of aryl methyl sites for hydroxylation is 1. The molecule has 2 unspecified atom stereocenters. The molecule has 0 spiro atoms. The van der Waals surface area contributed by atoms with Gasteiger partial charge in [0.2, 0.25) is 11.8 Å². The van der Waals surface area contributed by atoms with Crippen LogP contribution in [0.15, 0.2) is 24.3 Å². The monoisotopic (exact) mass is 291 g/mol. The van der Waals surface area contributed by atoms with Gasteiger partial charge in [0, 0.05) is 19.3 Å². The molecular weight excluding hydrogens is 266 g/mol. The number of carbonyl (C=O) groups is 2. The molecule has 0 aliphatic carbocycles. The molecule has 2 amide bonds. The van der Waals surface area contributed by atoms with Gasteiger partial charge in [-0.15, -0.1) is 0 Å². The first-order valence-corrected chi connectivity index (χ1v) is 7.23. The number of rotatable bonds is 6. The summed E-state index contributed by atoms with van der Waals surface area (Å²) < 4.78 is 0. The third kappa shape index (κ3) is 5.19. The largest absolute Gasteiger partial charge is 0.345 e. The zero-order chi connectivity index (χ0) is 16.0. The van der Waals surface area contributed by atoms with Crippen LogP contribution in [0.25, 0.3) is 0 Å². The highest BCUT2D eigenvalue weighted by atomic mass is 16.2. The number of hydrogen-bond donors (Lipinski definition) is 2. The van der Waals surface area contributed by atoms with Crippen molar-refractivity contribution in [3.8, 4) is 0 Å². The fraction of sp³-hybridized carbons (Fsp3) is 0.500. The minimum Gasteiger partial charge on any atom is -0.345 e. The first kappa shape index (κ1) is 17.2. The summed E-state index contributed by atoms with van der Waals surface area (Å²) in [7, 11) is 1.75. The second-order valence-electron chi connectivity index (χ2n) is 5.32. The van der Waals surface area contributed by atoms with E-state index in [4.69, 9.17) is 0 Å². The minimum atomic E-state index is -0.449. The topological polar surface area (TPSA) is 61.4 Å². The summed E-state index contributed by atoms with van der Waals surface area (Å²) in [6.07, 6.45) is 0. The van der Waals surface area contributed by atoms with Gasteiger partial charge in [0.1, 0.15) is 0 Å². The quantitative estimate of drug-likeness (QED) is 0.840. The third-order valence-electron chi connectivity index (χ3n) is 3.43. The molecule has 1 rings (SSSR count). The van der Waals surface area contributed by atoms with Crippen LogP contribution in [-0.4, -0.2) is 42.4 Å². The lowest BCUT2D eigenvalue weighted by Crippen LogP contribution is -2.49. The summed E-state index contributed by atoms with van der Waals surface area (Å²) in [6.45, 7) is 8.07. The Morgan fingerprint density at radius 1 is 1.14 bits per heavy atom. The van der Waals surface area contributed by atoms with Crippen LogP contribution in [0, 0.1) is 6.92 Å². The van der Waals surface area contributed by atoms with Gasteiger partial charge in [-0.3, -0.25) is 14.9 Å². The Kier molecular flexibility index (Phi) is 6.37. The molecule has 0 aromatic heterocycles. The summed E-state index contributed by atoms with van der Waals surface area (Å²) in [6, 6.07) is 6.76. The smallest absolute Gasteiger partial charge is 0.241 e. The Labute approximate surface area is 126 Å². The molecule has 21 heavy (non-hydrogen) atoms. The maximum absolute atomic E-state index is 12.1. The molecule has 5 heteroatoms. The van der Waals surface area contributed by atoms with Gasteiger partial charge in [0.05, 0.1) is 12.1 Å². The molecule has 2 atom stereocenters. The van der Waals surface area contributed by atoms with Crippen molar-refractivity contribution in [2.24, 2.45) is 0 Å². The second-order valence-corrected chi connectivity index (χ2v) is 5.32. The van der Waals surface area contributed by atoms with E-state index in [-0.39, 0.29) is 11.8 Å². The van der Waals surface area contributed by atoms with E-state index in [2.05, 4.69) is 10.6 Å². The molecule has 1 aromatic carbocycles. The summed E-state index contributed by atoms with van der Waals surface area (Å²) in [4.78, 5) is 25.7. The van der Waals surface area contributed by atoms with E-state index in [0.29, 0.717) is 6.54 Å². The Morgan fingerprint density at radius 2 is 1.71 bits per heavy atom. The van der Waals surface area contributed by atoms with Crippen molar-refractivity contribution in [1.82, 2.24) is 10.2 Å². The molecular formula is C16H25N3O2. The maximum atomic E-state index is 12.1. The molecule has 0 heterocycles. The number of carbonyl (C=O) groups excluding carboxylic acids is 2. The molecule has 0 fully saturated rings. The summed E-state index contributed by atoms with van der Waals surface area (Å²) in [5.74, 6) is -0.176. The second kappa shape index (κ2) is 7.78. The van der Waals surface area contributed by atoms with Crippen molar-refractivity contribution >= 4 is 17.5 Å². The van der Waals surface area contributed by atoms with Crippen molar-refractivity contribution < 1.29 is 9.59 Å². The number of amides is 2. The van der Waals surface area contributed by atoms with Gasteiger partial charge in [0.25, 0.3) is 0 Å². The van der Waals surface area contributed by atoms with Crippen molar-refractivity contribution in [3.05, 3.63) is 29.8 Å². The predicted molar refractivity (Wildman–Crippen MR) is 85.2 cm³/mol. The van der Waals surface area contributed by atoms with E-state index >= 15 is 0 Å². The molecule has 0 saturated carbocycles. The number of benzene rings is 1. The first-order chi connectivity index (χ1) is 9.85. The van der Waals surface area contributed by atoms with Crippen LogP contribution in [0.4, 0.5) is 5.69 Å². The average molecular weight is 291 g/mol. The molecule has 0 bridgehead atoms. The Morgan fingerprint density at radius 3 is 2.24 bits per heavy atom. The minimum absolute atomic E-state index is 0.0208. The van der Waals surface area contributed by atoms with Crippen LogP contribution in [0.3, 0.4) is 0 Å². The number of hydrogen-bond acceptors (Lipinski definition) is 3. The number of nitrogens with one attached hydrogen (secondary N) is 2. The van der Waals surface area contributed by atoms with E-state index < -0.39 is 12.1 Å². The summed E-state index contributed by atoms with van der Waals surface area (Å²) >= 11 is 0. The highest BCUT2D eigenvalue weighted by molar-refractivity contribution is 5.95. The van der Waals surface area contributed by atoms with E-state index in [0.717, 1.165) is 11.3 Å². The predicted octanol–water partition coefficient (Wildman–Crippen LogP) is 1.78. The van der Waals surface area contributed by atoms with Gasteiger partial charge in [-0.25, -0.2) is 0 Å². The first-order valence-electron chi connectivity index (χ1n) is 7.23. The molecule has 5 nitrogen and oxygen atoms in total. The Hall–Kier alpha value is -1.88. The molecule has 0 aliphatic rings.